The lowest BCUT2D eigenvalue weighted by atomic mass is 10.1. The Bertz CT molecular complexity index is 730. The van der Waals surface area contributed by atoms with Crippen molar-refractivity contribution in [3.8, 4) is 11.4 Å². The van der Waals surface area contributed by atoms with Crippen LogP contribution in [0, 0.1) is 6.92 Å². The van der Waals surface area contributed by atoms with Crippen molar-refractivity contribution in [1.82, 2.24) is 20.2 Å². The first-order valence-electron chi connectivity index (χ1n) is 6.88. The van der Waals surface area contributed by atoms with Gasteiger partial charge in [-0.2, -0.15) is 0 Å². The lowest BCUT2D eigenvalue weighted by Crippen LogP contribution is -2.05. The van der Waals surface area contributed by atoms with E-state index in [1.807, 2.05) is 35.0 Å². The molecule has 1 heterocycles. The fourth-order valence-corrected chi connectivity index (χ4v) is 2.28. The van der Waals surface area contributed by atoms with Gasteiger partial charge in [-0.1, -0.05) is 48.5 Å². The van der Waals surface area contributed by atoms with Crippen molar-refractivity contribution in [1.29, 1.82) is 0 Å². The molecule has 21 heavy (non-hydrogen) atoms. The average molecular weight is 279 g/mol. The minimum atomic E-state index is 0.555. The number of aryl methyl sites for hydroxylation is 1. The van der Waals surface area contributed by atoms with E-state index in [-0.39, 0.29) is 0 Å². The van der Waals surface area contributed by atoms with Crippen LogP contribution in [0.4, 0.5) is 0 Å². The SMILES string of the molecule is Cc1ccccc1-c1nnnn1Cc1ccc(CN)cc1. The van der Waals surface area contributed by atoms with E-state index >= 15 is 0 Å². The zero-order valence-corrected chi connectivity index (χ0v) is 11.9. The van der Waals surface area contributed by atoms with Crippen LogP contribution in [-0.4, -0.2) is 20.2 Å². The van der Waals surface area contributed by atoms with Crippen molar-refractivity contribution in [2.75, 3.05) is 0 Å². The molecule has 3 aromatic rings. The van der Waals surface area contributed by atoms with E-state index in [0.29, 0.717) is 13.1 Å². The number of nitrogens with two attached hydrogens (primary N) is 1. The number of aromatic nitrogens is 4. The normalized spacial score (nSPS) is 10.8. The molecule has 0 aliphatic heterocycles. The van der Waals surface area contributed by atoms with Crippen LogP contribution in [0.5, 0.6) is 0 Å². The number of rotatable bonds is 4. The molecule has 0 bridgehead atoms. The number of tetrazole rings is 1. The van der Waals surface area contributed by atoms with E-state index in [1.165, 1.54) is 0 Å². The van der Waals surface area contributed by atoms with Gasteiger partial charge in [0.15, 0.2) is 5.82 Å². The number of benzene rings is 2. The third-order valence-electron chi connectivity index (χ3n) is 3.51. The van der Waals surface area contributed by atoms with E-state index in [4.69, 9.17) is 5.73 Å². The molecule has 0 fully saturated rings. The molecule has 0 radical (unpaired) electrons. The summed E-state index contributed by atoms with van der Waals surface area (Å²) in [6, 6.07) is 16.3. The zero-order chi connectivity index (χ0) is 14.7. The largest absolute Gasteiger partial charge is 0.326 e. The molecule has 5 nitrogen and oxygen atoms in total. The van der Waals surface area contributed by atoms with Crippen molar-refractivity contribution >= 4 is 0 Å². The van der Waals surface area contributed by atoms with Gasteiger partial charge in [0.05, 0.1) is 6.54 Å². The van der Waals surface area contributed by atoms with Crippen LogP contribution < -0.4 is 5.73 Å². The molecule has 2 aromatic carbocycles. The van der Waals surface area contributed by atoms with Crippen LogP contribution in [0.2, 0.25) is 0 Å². The van der Waals surface area contributed by atoms with Gasteiger partial charge in [-0.15, -0.1) is 5.10 Å². The van der Waals surface area contributed by atoms with Crippen molar-refractivity contribution in [2.24, 2.45) is 5.73 Å². The second-order valence-corrected chi connectivity index (χ2v) is 5.00. The molecule has 3 rings (SSSR count). The molecule has 0 unspecified atom stereocenters. The summed E-state index contributed by atoms with van der Waals surface area (Å²) in [5, 5.41) is 12.1. The van der Waals surface area contributed by atoms with Crippen molar-refractivity contribution in [2.45, 2.75) is 20.0 Å². The number of nitrogens with zero attached hydrogens (tertiary/aromatic N) is 4. The van der Waals surface area contributed by atoms with Gasteiger partial charge >= 0.3 is 0 Å². The Kier molecular flexibility index (Phi) is 3.75. The smallest absolute Gasteiger partial charge is 0.182 e. The Labute approximate surface area is 123 Å². The number of hydrogen-bond donors (Lipinski definition) is 1. The summed E-state index contributed by atoms with van der Waals surface area (Å²) in [6.45, 7) is 3.26. The molecule has 0 atom stereocenters. The van der Waals surface area contributed by atoms with Crippen LogP contribution in [0.3, 0.4) is 0 Å². The highest BCUT2D eigenvalue weighted by Crippen LogP contribution is 2.20. The van der Waals surface area contributed by atoms with Crippen LogP contribution in [0.1, 0.15) is 16.7 Å². The van der Waals surface area contributed by atoms with Gasteiger partial charge in [-0.25, -0.2) is 4.68 Å². The lowest BCUT2D eigenvalue weighted by Gasteiger charge is -2.07. The van der Waals surface area contributed by atoms with E-state index < -0.39 is 0 Å². The van der Waals surface area contributed by atoms with Crippen molar-refractivity contribution in [3.63, 3.8) is 0 Å². The summed E-state index contributed by atoms with van der Waals surface area (Å²) in [4.78, 5) is 0. The lowest BCUT2D eigenvalue weighted by molar-refractivity contribution is 0.653. The molecule has 0 saturated heterocycles. The van der Waals surface area contributed by atoms with Gasteiger partial charge in [-0.3, -0.25) is 0 Å². The molecular formula is C16H17N5. The highest BCUT2D eigenvalue weighted by molar-refractivity contribution is 5.59. The average Bonchev–Trinajstić information content (AvgIpc) is 2.96. The van der Waals surface area contributed by atoms with Gasteiger partial charge in [0, 0.05) is 12.1 Å². The van der Waals surface area contributed by atoms with Crippen molar-refractivity contribution in [3.05, 3.63) is 65.2 Å². The highest BCUT2D eigenvalue weighted by Gasteiger charge is 2.11. The monoisotopic (exact) mass is 279 g/mol. The third kappa shape index (κ3) is 2.83. The quantitative estimate of drug-likeness (QED) is 0.794. The summed E-state index contributed by atoms with van der Waals surface area (Å²) < 4.78 is 1.82. The summed E-state index contributed by atoms with van der Waals surface area (Å²) >= 11 is 0. The highest BCUT2D eigenvalue weighted by atomic mass is 15.5. The van der Waals surface area contributed by atoms with Gasteiger partial charge in [0.25, 0.3) is 0 Å². The topological polar surface area (TPSA) is 69.6 Å². The maximum Gasteiger partial charge on any atom is 0.182 e. The molecule has 2 N–H and O–H groups in total. The summed E-state index contributed by atoms with van der Waals surface area (Å²) in [5.41, 5.74) is 10.1. The van der Waals surface area contributed by atoms with Crippen LogP contribution >= 0.6 is 0 Å². The van der Waals surface area contributed by atoms with E-state index in [1.54, 1.807) is 0 Å². The molecule has 0 aliphatic carbocycles. The molecular weight excluding hydrogens is 262 g/mol. The standard InChI is InChI=1S/C16H17N5/c1-12-4-2-3-5-15(12)16-18-19-20-21(16)11-14-8-6-13(10-17)7-9-14/h2-9H,10-11,17H2,1H3. The second-order valence-electron chi connectivity index (χ2n) is 5.00. The predicted molar refractivity (Wildman–Crippen MR) is 81.4 cm³/mol. The second kappa shape index (κ2) is 5.85. The van der Waals surface area contributed by atoms with Crippen molar-refractivity contribution < 1.29 is 0 Å². The molecule has 106 valence electrons. The Morgan fingerprint density at radius 2 is 1.71 bits per heavy atom. The Morgan fingerprint density at radius 1 is 1.00 bits per heavy atom. The first-order valence-corrected chi connectivity index (χ1v) is 6.88. The predicted octanol–water partition coefficient (Wildman–Crippen LogP) is 2.16. The maximum absolute atomic E-state index is 5.62. The molecule has 0 spiro atoms. The van der Waals surface area contributed by atoms with Gasteiger partial charge in [0.1, 0.15) is 0 Å². The van der Waals surface area contributed by atoms with Crippen LogP contribution in [-0.2, 0) is 13.1 Å². The molecule has 0 amide bonds. The maximum atomic E-state index is 5.62. The molecule has 1 aromatic heterocycles. The van der Waals surface area contributed by atoms with E-state index in [9.17, 15) is 0 Å². The van der Waals surface area contributed by atoms with Gasteiger partial charge in [-0.05, 0) is 34.0 Å². The Morgan fingerprint density at radius 3 is 2.43 bits per heavy atom. The van der Waals surface area contributed by atoms with E-state index in [0.717, 1.165) is 28.1 Å². The fraction of sp³-hybridized carbons (Fsp3) is 0.188. The van der Waals surface area contributed by atoms with Gasteiger partial charge in [0.2, 0.25) is 0 Å². The van der Waals surface area contributed by atoms with Crippen LogP contribution in [0.25, 0.3) is 11.4 Å². The third-order valence-corrected chi connectivity index (χ3v) is 3.51. The Balaban J connectivity index is 1.90. The first-order chi connectivity index (χ1) is 10.3. The summed E-state index contributed by atoms with van der Waals surface area (Å²) in [5.74, 6) is 0.788. The molecule has 0 saturated carbocycles. The minimum Gasteiger partial charge on any atom is -0.326 e. The Hall–Kier alpha value is -2.53. The fourth-order valence-electron chi connectivity index (χ4n) is 2.28. The zero-order valence-electron chi connectivity index (χ0n) is 11.9. The van der Waals surface area contributed by atoms with Gasteiger partial charge < -0.3 is 5.73 Å². The molecule has 5 heteroatoms. The number of hydrogen-bond acceptors (Lipinski definition) is 4. The minimum absolute atomic E-state index is 0.555. The van der Waals surface area contributed by atoms with Crippen LogP contribution in [0.15, 0.2) is 48.5 Å². The first kappa shape index (κ1) is 13.5. The van der Waals surface area contributed by atoms with E-state index in [2.05, 4.69) is 40.6 Å². The summed E-state index contributed by atoms with van der Waals surface area (Å²) in [7, 11) is 0. The molecule has 0 aliphatic rings. The summed E-state index contributed by atoms with van der Waals surface area (Å²) in [6.07, 6.45) is 0.